The monoisotopic (exact) mass is 381 g/mol. The van der Waals surface area contributed by atoms with Gasteiger partial charge in [-0.1, -0.05) is 6.42 Å². The second-order valence-electron chi connectivity index (χ2n) is 6.08. The van der Waals surface area contributed by atoms with Crippen LogP contribution in [0.3, 0.4) is 0 Å². The van der Waals surface area contributed by atoms with Crippen molar-refractivity contribution in [3.05, 3.63) is 45.2 Å². The number of aromatic nitrogens is 1. The molecule has 5 nitrogen and oxygen atoms in total. The lowest BCUT2D eigenvalue weighted by Gasteiger charge is -2.17. The van der Waals surface area contributed by atoms with Crippen LogP contribution in [0.25, 0.3) is 10.9 Å². The van der Waals surface area contributed by atoms with Gasteiger partial charge in [-0.15, -0.1) is 12.4 Å². The highest BCUT2D eigenvalue weighted by atomic mass is 35.5. The van der Waals surface area contributed by atoms with Gasteiger partial charge in [0.15, 0.2) is 0 Å². The number of H-pyrrole nitrogens is 1. The van der Waals surface area contributed by atoms with Crippen molar-refractivity contribution >= 4 is 41.0 Å². The van der Waals surface area contributed by atoms with Gasteiger partial charge < -0.3 is 16.0 Å². The average molecular weight is 382 g/mol. The fraction of sp³-hybridized carbons (Fsp3) is 0.444. The highest BCUT2D eigenvalue weighted by Gasteiger charge is 2.17. The number of unbranched alkanes of at least 4 members (excludes halogenated alkanes) is 2. The highest BCUT2D eigenvalue weighted by molar-refractivity contribution is 7.98. The number of hydrogen-bond donors (Lipinski definition) is 3. The molecule has 136 valence electrons. The van der Waals surface area contributed by atoms with Gasteiger partial charge in [-0.25, -0.2) is 0 Å². The van der Waals surface area contributed by atoms with Crippen molar-refractivity contribution in [1.29, 1.82) is 0 Å². The Hall–Kier alpha value is -1.50. The number of aryl methyl sites for hydroxylation is 1. The number of carbonyl (C=O) groups is 1. The lowest BCUT2D eigenvalue weighted by atomic mass is 9.99. The van der Waals surface area contributed by atoms with E-state index in [1.54, 1.807) is 17.8 Å². The molecule has 3 rings (SSSR count). The van der Waals surface area contributed by atoms with Crippen LogP contribution in [-0.4, -0.2) is 29.7 Å². The number of carbonyl (C=O) groups excluding carboxylic acids is 1. The SMILES string of the molecule is Cl.NCCCCCNC(=O)c1ccc2[nH]c(=O)c3c(c2c1)CCSC3. The van der Waals surface area contributed by atoms with Gasteiger partial charge in [0.25, 0.3) is 11.5 Å². The average Bonchev–Trinajstić information content (AvgIpc) is 2.61. The van der Waals surface area contributed by atoms with E-state index >= 15 is 0 Å². The van der Waals surface area contributed by atoms with Crippen molar-refractivity contribution in [1.82, 2.24) is 10.3 Å². The second-order valence-corrected chi connectivity index (χ2v) is 7.18. The molecule has 1 aliphatic heterocycles. The first kappa shape index (κ1) is 19.8. The molecule has 0 bridgehead atoms. The number of nitrogens with one attached hydrogen (secondary N) is 2. The second kappa shape index (κ2) is 9.27. The van der Waals surface area contributed by atoms with E-state index in [2.05, 4.69) is 10.3 Å². The molecular weight excluding hydrogens is 358 g/mol. The van der Waals surface area contributed by atoms with Gasteiger partial charge in [-0.05, 0) is 55.3 Å². The molecule has 0 atom stereocenters. The summed E-state index contributed by atoms with van der Waals surface area (Å²) in [6, 6.07) is 5.52. The number of rotatable bonds is 6. The zero-order valence-electron chi connectivity index (χ0n) is 14.1. The molecule has 0 fully saturated rings. The van der Waals surface area contributed by atoms with Gasteiger partial charge >= 0.3 is 0 Å². The molecule has 0 saturated carbocycles. The number of fused-ring (bicyclic) bond motifs is 3. The largest absolute Gasteiger partial charge is 0.352 e. The van der Waals surface area contributed by atoms with E-state index in [1.165, 1.54) is 0 Å². The summed E-state index contributed by atoms with van der Waals surface area (Å²) >= 11 is 1.78. The molecule has 1 aromatic heterocycles. The molecule has 1 amide bonds. The molecule has 7 heteroatoms. The Morgan fingerprint density at radius 2 is 2.08 bits per heavy atom. The van der Waals surface area contributed by atoms with Gasteiger partial charge in [0, 0.05) is 34.3 Å². The fourth-order valence-electron chi connectivity index (χ4n) is 3.08. The van der Waals surface area contributed by atoms with E-state index in [4.69, 9.17) is 5.73 Å². The summed E-state index contributed by atoms with van der Waals surface area (Å²) in [5.74, 6) is 1.70. The highest BCUT2D eigenvalue weighted by Crippen LogP contribution is 2.28. The van der Waals surface area contributed by atoms with Crippen molar-refractivity contribution < 1.29 is 4.79 Å². The van der Waals surface area contributed by atoms with Crippen LogP contribution in [0, 0.1) is 0 Å². The van der Waals surface area contributed by atoms with Crippen LogP contribution in [0.5, 0.6) is 0 Å². The molecule has 0 radical (unpaired) electrons. The Morgan fingerprint density at radius 1 is 1.24 bits per heavy atom. The molecule has 0 spiro atoms. The Morgan fingerprint density at radius 3 is 2.88 bits per heavy atom. The normalized spacial score (nSPS) is 13.2. The quantitative estimate of drug-likeness (QED) is 0.671. The van der Waals surface area contributed by atoms with Gasteiger partial charge in [0.1, 0.15) is 0 Å². The summed E-state index contributed by atoms with van der Waals surface area (Å²) in [6.45, 7) is 1.36. The summed E-state index contributed by atoms with van der Waals surface area (Å²) < 4.78 is 0. The van der Waals surface area contributed by atoms with Gasteiger partial charge in [0.05, 0.1) is 0 Å². The molecule has 0 aliphatic carbocycles. The molecule has 1 aromatic carbocycles. The van der Waals surface area contributed by atoms with Crippen LogP contribution in [0.1, 0.15) is 40.7 Å². The van der Waals surface area contributed by atoms with Crippen molar-refractivity contribution in [3.63, 3.8) is 0 Å². The lowest BCUT2D eigenvalue weighted by Crippen LogP contribution is -2.25. The maximum absolute atomic E-state index is 12.3. The zero-order chi connectivity index (χ0) is 16.9. The summed E-state index contributed by atoms with van der Waals surface area (Å²) in [5, 5.41) is 3.96. The number of nitrogens with two attached hydrogens (primary N) is 1. The number of amides is 1. The third-order valence-electron chi connectivity index (χ3n) is 4.40. The maximum Gasteiger partial charge on any atom is 0.252 e. The molecule has 1 aliphatic rings. The number of benzene rings is 1. The first-order valence-electron chi connectivity index (χ1n) is 8.44. The smallest absolute Gasteiger partial charge is 0.252 e. The first-order chi connectivity index (χ1) is 11.7. The fourth-order valence-corrected chi connectivity index (χ4v) is 4.08. The van der Waals surface area contributed by atoms with Crippen LogP contribution in [0.15, 0.2) is 23.0 Å². The molecule has 25 heavy (non-hydrogen) atoms. The van der Waals surface area contributed by atoms with Crippen LogP contribution in [0.2, 0.25) is 0 Å². The zero-order valence-corrected chi connectivity index (χ0v) is 15.7. The Labute approximate surface area is 157 Å². The standard InChI is InChI=1S/C18H23N3O2S.ClH/c19-7-2-1-3-8-20-17(22)12-4-5-16-14(10-12)13-6-9-24-11-15(13)18(23)21-16;/h4-5,10H,1-3,6-9,11,19H2,(H,20,22)(H,21,23);1H. The lowest BCUT2D eigenvalue weighted by molar-refractivity contribution is 0.0953. The third kappa shape index (κ3) is 4.57. The van der Waals surface area contributed by atoms with Crippen LogP contribution < -0.4 is 16.6 Å². The molecule has 0 unspecified atom stereocenters. The van der Waals surface area contributed by atoms with E-state index in [0.29, 0.717) is 18.7 Å². The maximum atomic E-state index is 12.3. The Bertz CT molecular complexity index is 807. The topological polar surface area (TPSA) is 88.0 Å². The number of thioether (sulfide) groups is 1. The van der Waals surface area contributed by atoms with E-state index in [-0.39, 0.29) is 23.9 Å². The Kier molecular flexibility index (Phi) is 7.35. The van der Waals surface area contributed by atoms with E-state index < -0.39 is 0 Å². The molecule has 2 aromatic rings. The van der Waals surface area contributed by atoms with Gasteiger partial charge in [-0.3, -0.25) is 9.59 Å². The van der Waals surface area contributed by atoms with E-state index in [9.17, 15) is 9.59 Å². The van der Waals surface area contributed by atoms with Crippen molar-refractivity contribution in [2.75, 3.05) is 18.8 Å². The summed E-state index contributed by atoms with van der Waals surface area (Å²) in [5.41, 5.74) is 8.89. The molecule has 2 heterocycles. The van der Waals surface area contributed by atoms with Crippen LogP contribution in [-0.2, 0) is 12.2 Å². The minimum atomic E-state index is -0.0604. The Balaban J connectivity index is 0.00000225. The third-order valence-corrected chi connectivity index (χ3v) is 5.39. The van der Waals surface area contributed by atoms with E-state index in [0.717, 1.165) is 59.2 Å². The minimum Gasteiger partial charge on any atom is -0.352 e. The van der Waals surface area contributed by atoms with Crippen molar-refractivity contribution in [3.8, 4) is 0 Å². The predicted molar refractivity (Wildman–Crippen MR) is 107 cm³/mol. The van der Waals surface area contributed by atoms with E-state index in [1.807, 2.05) is 12.1 Å². The molecular formula is C18H24ClN3O2S. The van der Waals surface area contributed by atoms with Crippen LogP contribution >= 0.6 is 24.2 Å². The van der Waals surface area contributed by atoms with Gasteiger partial charge in [-0.2, -0.15) is 11.8 Å². The number of halogens is 1. The first-order valence-corrected chi connectivity index (χ1v) is 9.60. The molecule has 4 N–H and O–H groups in total. The summed E-state index contributed by atoms with van der Waals surface area (Å²) in [6.07, 6.45) is 3.84. The number of hydrogen-bond acceptors (Lipinski definition) is 4. The summed E-state index contributed by atoms with van der Waals surface area (Å²) in [4.78, 5) is 27.4. The van der Waals surface area contributed by atoms with Crippen LogP contribution in [0.4, 0.5) is 0 Å². The number of aromatic amines is 1. The summed E-state index contributed by atoms with van der Waals surface area (Å²) in [7, 11) is 0. The van der Waals surface area contributed by atoms with Crippen molar-refractivity contribution in [2.45, 2.75) is 31.4 Å². The molecule has 0 saturated heterocycles. The predicted octanol–water partition coefficient (Wildman–Crippen LogP) is 2.60. The minimum absolute atomic E-state index is 0. The number of pyridine rings is 1. The van der Waals surface area contributed by atoms with Gasteiger partial charge in [0.2, 0.25) is 0 Å². The van der Waals surface area contributed by atoms with Crippen molar-refractivity contribution in [2.24, 2.45) is 5.73 Å².